The molecule has 3 rings (SSSR count). The maximum atomic E-state index is 5.82. The lowest BCUT2D eigenvalue weighted by Crippen LogP contribution is -2.25. The van der Waals surface area contributed by atoms with Crippen LogP contribution in [0.25, 0.3) is 0 Å². The summed E-state index contributed by atoms with van der Waals surface area (Å²) in [5.74, 6) is 2.17. The van der Waals surface area contributed by atoms with E-state index in [1.54, 1.807) is 0 Å². The topological polar surface area (TPSA) is 59.2 Å². The van der Waals surface area contributed by atoms with Gasteiger partial charge in [0.15, 0.2) is 11.5 Å². The second kappa shape index (κ2) is 7.04. The number of aromatic amines is 1. The number of hydrogen-bond donors (Lipinski definition) is 2. The standard InChI is InChI=1S/C18H25N3O2/c1-12(2)18(19-10-15-11-20-21-13(15)3)14-5-6-16-17(9-14)23-8-4-7-22-16/h5-6,9,11-12,18-19H,4,7-8,10H2,1-3H3,(H,20,21). The summed E-state index contributed by atoms with van der Waals surface area (Å²) in [5.41, 5.74) is 3.54. The van der Waals surface area contributed by atoms with Crippen LogP contribution in [0.1, 0.15) is 43.1 Å². The lowest BCUT2D eigenvalue weighted by atomic mass is 9.95. The third-order valence-electron chi connectivity index (χ3n) is 4.24. The Labute approximate surface area is 137 Å². The fourth-order valence-corrected chi connectivity index (χ4v) is 2.89. The molecular weight excluding hydrogens is 290 g/mol. The van der Waals surface area contributed by atoms with E-state index in [9.17, 15) is 0 Å². The summed E-state index contributed by atoms with van der Waals surface area (Å²) in [7, 11) is 0. The highest BCUT2D eigenvalue weighted by atomic mass is 16.5. The summed E-state index contributed by atoms with van der Waals surface area (Å²) in [5, 5.41) is 10.7. The molecule has 2 aromatic rings. The van der Waals surface area contributed by atoms with Crippen molar-refractivity contribution in [1.29, 1.82) is 0 Å². The van der Waals surface area contributed by atoms with Crippen LogP contribution in [0.15, 0.2) is 24.4 Å². The molecule has 0 spiro atoms. The van der Waals surface area contributed by atoms with Gasteiger partial charge < -0.3 is 14.8 Å². The Kier molecular flexibility index (Phi) is 4.86. The summed E-state index contributed by atoms with van der Waals surface area (Å²) in [6.07, 6.45) is 2.81. The van der Waals surface area contributed by atoms with Crippen LogP contribution in [0.4, 0.5) is 0 Å². The van der Waals surface area contributed by atoms with Gasteiger partial charge in [0.1, 0.15) is 0 Å². The van der Waals surface area contributed by atoms with Crippen LogP contribution in [0.5, 0.6) is 11.5 Å². The minimum absolute atomic E-state index is 0.251. The zero-order chi connectivity index (χ0) is 16.2. The van der Waals surface area contributed by atoms with Crippen LogP contribution in [-0.2, 0) is 6.54 Å². The lowest BCUT2D eigenvalue weighted by molar-refractivity contribution is 0.296. The molecule has 1 aromatic heterocycles. The molecule has 1 unspecified atom stereocenters. The minimum atomic E-state index is 0.251. The van der Waals surface area contributed by atoms with Gasteiger partial charge in [0, 0.05) is 30.3 Å². The molecule has 0 fully saturated rings. The van der Waals surface area contributed by atoms with Crippen molar-refractivity contribution in [2.75, 3.05) is 13.2 Å². The Hall–Kier alpha value is -2.01. The number of hydrogen-bond acceptors (Lipinski definition) is 4. The van der Waals surface area contributed by atoms with Gasteiger partial charge in [-0.2, -0.15) is 5.10 Å². The van der Waals surface area contributed by atoms with Gasteiger partial charge in [0.2, 0.25) is 0 Å². The molecular formula is C18H25N3O2. The number of rotatable bonds is 5. The lowest BCUT2D eigenvalue weighted by Gasteiger charge is -2.24. The number of ether oxygens (including phenoxy) is 2. The predicted octanol–water partition coefficient (Wildman–Crippen LogP) is 3.37. The van der Waals surface area contributed by atoms with E-state index in [2.05, 4.69) is 41.5 Å². The van der Waals surface area contributed by atoms with Gasteiger partial charge in [-0.15, -0.1) is 0 Å². The van der Waals surface area contributed by atoms with Crippen molar-refractivity contribution < 1.29 is 9.47 Å². The second-order valence-corrected chi connectivity index (χ2v) is 6.38. The Morgan fingerprint density at radius 1 is 1.22 bits per heavy atom. The number of nitrogens with one attached hydrogen (secondary N) is 2. The zero-order valence-corrected chi connectivity index (χ0v) is 14.1. The summed E-state index contributed by atoms with van der Waals surface area (Å²) in [6.45, 7) is 8.72. The molecule has 0 aliphatic carbocycles. The summed E-state index contributed by atoms with van der Waals surface area (Å²) < 4.78 is 11.5. The van der Waals surface area contributed by atoms with Crippen molar-refractivity contribution in [3.8, 4) is 11.5 Å². The highest BCUT2D eigenvalue weighted by Crippen LogP contribution is 2.34. The normalized spacial score (nSPS) is 15.5. The first-order valence-corrected chi connectivity index (χ1v) is 8.27. The van der Waals surface area contributed by atoms with E-state index >= 15 is 0 Å². The van der Waals surface area contributed by atoms with Gasteiger partial charge in [-0.3, -0.25) is 5.10 Å². The molecule has 1 aliphatic heterocycles. The smallest absolute Gasteiger partial charge is 0.161 e. The average molecular weight is 315 g/mol. The van der Waals surface area contributed by atoms with Crippen LogP contribution in [0.3, 0.4) is 0 Å². The molecule has 2 heterocycles. The molecule has 0 saturated heterocycles. The number of benzene rings is 1. The molecule has 1 atom stereocenters. The van der Waals surface area contributed by atoms with Gasteiger partial charge >= 0.3 is 0 Å². The van der Waals surface area contributed by atoms with Crippen molar-refractivity contribution in [2.24, 2.45) is 5.92 Å². The van der Waals surface area contributed by atoms with Gasteiger partial charge in [0.05, 0.1) is 19.4 Å². The second-order valence-electron chi connectivity index (χ2n) is 6.38. The van der Waals surface area contributed by atoms with Crippen molar-refractivity contribution in [1.82, 2.24) is 15.5 Å². The van der Waals surface area contributed by atoms with Gasteiger partial charge in [0.25, 0.3) is 0 Å². The fourth-order valence-electron chi connectivity index (χ4n) is 2.89. The van der Waals surface area contributed by atoms with E-state index in [0.717, 1.165) is 36.8 Å². The van der Waals surface area contributed by atoms with E-state index in [4.69, 9.17) is 9.47 Å². The third-order valence-corrected chi connectivity index (χ3v) is 4.24. The summed E-state index contributed by atoms with van der Waals surface area (Å²) in [6, 6.07) is 6.52. The quantitative estimate of drug-likeness (QED) is 0.888. The predicted molar refractivity (Wildman–Crippen MR) is 89.8 cm³/mol. The Morgan fingerprint density at radius 3 is 2.70 bits per heavy atom. The van der Waals surface area contributed by atoms with E-state index < -0.39 is 0 Å². The number of aryl methyl sites for hydroxylation is 1. The van der Waals surface area contributed by atoms with E-state index in [-0.39, 0.29) is 6.04 Å². The van der Waals surface area contributed by atoms with Crippen LogP contribution in [0.2, 0.25) is 0 Å². The first-order valence-electron chi connectivity index (χ1n) is 8.27. The molecule has 23 heavy (non-hydrogen) atoms. The van der Waals surface area contributed by atoms with Crippen molar-refractivity contribution in [3.63, 3.8) is 0 Å². The van der Waals surface area contributed by atoms with Crippen molar-refractivity contribution >= 4 is 0 Å². The Bertz CT molecular complexity index is 651. The largest absolute Gasteiger partial charge is 0.490 e. The molecule has 0 saturated carbocycles. The maximum Gasteiger partial charge on any atom is 0.161 e. The van der Waals surface area contributed by atoms with Gasteiger partial charge in [-0.25, -0.2) is 0 Å². The molecule has 0 bridgehead atoms. The highest BCUT2D eigenvalue weighted by molar-refractivity contribution is 5.44. The summed E-state index contributed by atoms with van der Waals surface area (Å²) in [4.78, 5) is 0. The van der Waals surface area contributed by atoms with Gasteiger partial charge in [-0.05, 0) is 30.5 Å². The van der Waals surface area contributed by atoms with Crippen molar-refractivity contribution in [3.05, 3.63) is 41.2 Å². The first-order chi connectivity index (χ1) is 11.1. The van der Waals surface area contributed by atoms with E-state index in [0.29, 0.717) is 12.5 Å². The average Bonchev–Trinajstić information content (AvgIpc) is 2.80. The SMILES string of the molecule is Cc1[nH]ncc1CNC(c1ccc2c(c1)OCCCO2)C(C)C. The monoisotopic (exact) mass is 315 g/mol. The number of aromatic nitrogens is 2. The highest BCUT2D eigenvalue weighted by Gasteiger charge is 2.19. The van der Waals surface area contributed by atoms with Crippen molar-refractivity contribution in [2.45, 2.75) is 39.8 Å². The zero-order valence-electron chi connectivity index (χ0n) is 14.1. The number of nitrogens with zero attached hydrogens (tertiary/aromatic N) is 1. The molecule has 0 radical (unpaired) electrons. The number of fused-ring (bicyclic) bond motifs is 1. The van der Waals surface area contributed by atoms with E-state index in [1.165, 1.54) is 11.1 Å². The van der Waals surface area contributed by atoms with E-state index in [1.807, 2.05) is 19.2 Å². The molecule has 2 N–H and O–H groups in total. The van der Waals surface area contributed by atoms with Gasteiger partial charge in [-0.1, -0.05) is 19.9 Å². The van der Waals surface area contributed by atoms with Crippen LogP contribution in [-0.4, -0.2) is 23.4 Å². The number of H-pyrrole nitrogens is 1. The Balaban J connectivity index is 1.78. The van der Waals surface area contributed by atoms with Crippen LogP contribution < -0.4 is 14.8 Å². The molecule has 124 valence electrons. The molecule has 5 nitrogen and oxygen atoms in total. The molecule has 5 heteroatoms. The van der Waals surface area contributed by atoms with Crippen LogP contribution >= 0.6 is 0 Å². The molecule has 1 aliphatic rings. The van der Waals surface area contributed by atoms with Crippen LogP contribution in [0, 0.1) is 12.8 Å². The third kappa shape index (κ3) is 3.67. The first kappa shape index (κ1) is 15.9. The molecule has 1 aromatic carbocycles. The maximum absolute atomic E-state index is 5.82. The summed E-state index contributed by atoms with van der Waals surface area (Å²) >= 11 is 0. The minimum Gasteiger partial charge on any atom is -0.490 e. The Morgan fingerprint density at radius 2 is 2.00 bits per heavy atom. The molecule has 0 amide bonds. The fraction of sp³-hybridized carbons (Fsp3) is 0.500.